The van der Waals surface area contributed by atoms with E-state index in [0.29, 0.717) is 23.5 Å². The number of amides is 1. The average Bonchev–Trinajstić information content (AvgIpc) is 2.72. The molecule has 0 N–H and O–H groups in total. The van der Waals surface area contributed by atoms with Gasteiger partial charge in [-0.3, -0.25) is 9.10 Å². The number of carbonyl (C=O) groups is 1. The zero-order valence-corrected chi connectivity index (χ0v) is 18.3. The molecule has 168 valence electrons. The molecule has 2 aromatic carbocycles. The Balaban J connectivity index is 2.06. The summed E-state index contributed by atoms with van der Waals surface area (Å²) in [7, 11) is -4.35. The van der Waals surface area contributed by atoms with Crippen LogP contribution in [0.4, 0.5) is 18.9 Å². The lowest BCUT2D eigenvalue weighted by atomic mass is 10.0. The maximum absolute atomic E-state index is 13.3. The molecule has 1 atom stereocenters. The fraction of sp³-hybridized carbons (Fsp3) is 0.381. The van der Waals surface area contributed by atoms with E-state index in [9.17, 15) is 26.4 Å². The van der Waals surface area contributed by atoms with E-state index in [1.807, 2.05) is 6.92 Å². The van der Waals surface area contributed by atoms with Gasteiger partial charge in [0.25, 0.3) is 10.0 Å². The first kappa shape index (κ1) is 23.4. The summed E-state index contributed by atoms with van der Waals surface area (Å²) in [5.74, 6) is -0.228. The van der Waals surface area contributed by atoms with Crippen molar-refractivity contribution >= 4 is 33.2 Å². The number of carbonyl (C=O) groups excluding carboxylic acids is 1. The Hall–Kier alpha value is -2.26. The number of halogens is 4. The molecule has 1 saturated heterocycles. The van der Waals surface area contributed by atoms with E-state index in [-0.39, 0.29) is 15.8 Å². The first-order chi connectivity index (χ1) is 14.5. The van der Waals surface area contributed by atoms with Crippen molar-refractivity contribution < 1.29 is 26.4 Å². The van der Waals surface area contributed by atoms with Crippen molar-refractivity contribution in [1.29, 1.82) is 0 Å². The van der Waals surface area contributed by atoms with Crippen molar-refractivity contribution in [3.63, 3.8) is 0 Å². The Kier molecular flexibility index (Phi) is 6.85. The molecule has 0 bridgehead atoms. The highest BCUT2D eigenvalue weighted by atomic mass is 35.5. The highest BCUT2D eigenvalue weighted by molar-refractivity contribution is 7.92. The fourth-order valence-corrected chi connectivity index (χ4v) is 5.25. The molecule has 1 heterocycles. The van der Waals surface area contributed by atoms with E-state index in [1.54, 1.807) is 11.0 Å². The van der Waals surface area contributed by atoms with E-state index >= 15 is 0 Å². The minimum Gasteiger partial charge on any atom is -0.341 e. The summed E-state index contributed by atoms with van der Waals surface area (Å²) in [6.45, 7) is 2.28. The van der Waals surface area contributed by atoms with Crippen LogP contribution in [0.1, 0.15) is 25.3 Å². The predicted octanol–water partition coefficient (Wildman–Crippen LogP) is 4.81. The van der Waals surface area contributed by atoms with Gasteiger partial charge in [-0.25, -0.2) is 8.42 Å². The number of rotatable bonds is 5. The molecule has 31 heavy (non-hydrogen) atoms. The number of sulfonamides is 1. The van der Waals surface area contributed by atoms with Gasteiger partial charge in [-0.1, -0.05) is 36.7 Å². The van der Waals surface area contributed by atoms with E-state index in [4.69, 9.17) is 11.6 Å². The Labute approximate surface area is 184 Å². The molecule has 1 aliphatic heterocycles. The first-order valence-electron chi connectivity index (χ1n) is 9.72. The number of piperidine rings is 1. The van der Waals surface area contributed by atoms with Crippen LogP contribution >= 0.6 is 11.6 Å². The van der Waals surface area contributed by atoms with Crippen LogP contribution in [0.25, 0.3) is 0 Å². The highest BCUT2D eigenvalue weighted by Gasteiger charge is 2.35. The molecular formula is C21H22ClF3N2O3S. The van der Waals surface area contributed by atoms with E-state index in [2.05, 4.69) is 0 Å². The predicted molar refractivity (Wildman–Crippen MR) is 112 cm³/mol. The summed E-state index contributed by atoms with van der Waals surface area (Å²) in [5, 5.41) is -0.202. The lowest BCUT2D eigenvalue weighted by Crippen LogP contribution is -2.46. The minimum atomic E-state index is -4.70. The number of alkyl halides is 3. The molecule has 0 saturated carbocycles. The third-order valence-electron chi connectivity index (χ3n) is 5.16. The van der Waals surface area contributed by atoms with Gasteiger partial charge in [-0.05, 0) is 49.1 Å². The van der Waals surface area contributed by atoms with Crippen LogP contribution in [0.15, 0.2) is 53.4 Å². The van der Waals surface area contributed by atoms with Crippen molar-refractivity contribution in [3.8, 4) is 0 Å². The lowest BCUT2D eigenvalue weighted by molar-refractivity contribution is -0.137. The van der Waals surface area contributed by atoms with Crippen molar-refractivity contribution in [3.05, 3.63) is 59.1 Å². The zero-order valence-electron chi connectivity index (χ0n) is 16.8. The number of nitrogens with zero attached hydrogens (tertiary/aromatic N) is 2. The molecule has 0 radical (unpaired) electrons. The Morgan fingerprint density at radius 2 is 1.87 bits per heavy atom. The topological polar surface area (TPSA) is 57.7 Å². The third kappa shape index (κ3) is 5.33. The van der Waals surface area contributed by atoms with Gasteiger partial charge in [-0.2, -0.15) is 13.2 Å². The van der Waals surface area contributed by atoms with Crippen LogP contribution < -0.4 is 4.31 Å². The van der Waals surface area contributed by atoms with Gasteiger partial charge < -0.3 is 4.90 Å². The maximum Gasteiger partial charge on any atom is 0.416 e. The van der Waals surface area contributed by atoms with Crippen LogP contribution in [0.3, 0.4) is 0 Å². The molecule has 1 amide bonds. The summed E-state index contributed by atoms with van der Waals surface area (Å²) >= 11 is 6.13. The monoisotopic (exact) mass is 474 g/mol. The number of likely N-dealkylation sites (tertiary alicyclic amines) is 1. The third-order valence-corrected chi connectivity index (χ3v) is 7.26. The second kappa shape index (κ2) is 9.08. The smallest absolute Gasteiger partial charge is 0.341 e. The van der Waals surface area contributed by atoms with E-state index < -0.39 is 39.9 Å². The molecule has 10 heteroatoms. The number of benzene rings is 2. The largest absolute Gasteiger partial charge is 0.416 e. The average molecular weight is 475 g/mol. The van der Waals surface area contributed by atoms with E-state index in [1.165, 1.54) is 24.3 Å². The fourth-order valence-electron chi connectivity index (χ4n) is 3.54. The zero-order chi connectivity index (χ0) is 22.8. The maximum atomic E-state index is 13.3. The molecule has 1 fully saturated rings. The van der Waals surface area contributed by atoms with Crippen molar-refractivity contribution in [2.45, 2.75) is 30.8 Å². The van der Waals surface area contributed by atoms with Gasteiger partial charge in [-0.15, -0.1) is 0 Å². The van der Waals surface area contributed by atoms with Crippen LogP contribution in [0, 0.1) is 5.92 Å². The van der Waals surface area contributed by atoms with Crippen LogP contribution in [0.2, 0.25) is 5.02 Å². The Morgan fingerprint density at radius 3 is 2.48 bits per heavy atom. The molecule has 5 nitrogen and oxygen atoms in total. The van der Waals surface area contributed by atoms with Crippen LogP contribution in [-0.2, 0) is 21.0 Å². The SMILES string of the molecule is C[C@@H]1CCCN(C(=O)CN(c2cc(C(F)(F)F)ccc2Cl)S(=O)(=O)c2ccccc2)C1. The summed E-state index contributed by atoms with van der Waals surface area (Å²) in [4.78, 5) is 14.3. The Bertz CT molecular complexity index is 1050. The first-order valence-corrected chi connectivity index (χ1v) is 11.5. The normalized spacial score (nSPS) is 17.5. The van der Waals surface area contributed by atoms with Crippen LogP contribution in [0.5, 0.6) is 0 Å². The summed E-state index contributed by atoms with van der Waals surface area (Å²) in [5.41, 5.74) is -1.45. The van der Waals surface area contributed by atoms with Gasteiger partial charge in [0.15, 0.2) is 0 Å². The molecular weight excluding hydrogens is 453 g/mol. The molecule has 0 aromatic heterocycles. The second-order valence-electron chi connectivity index (χ2n) is 7.58. The minimum absolute atomic E-state index is 0.150. The molecule has 2 aromatic rings. The van der Waals surface area contributed by atoms with Gasteiger partial charge in [0.1, 0.15) is 6.54 Å². The summed E-state index contributed by atoms with van der Waals surface area (Å²) in [6, 6.07) is 9.65. The molecule has 0 spiro atoms. The quantitative estimate of drug-likeness (QED) is 0.624. The standard InChI is InChI=1S/C21H22ClF3N2O3S/c1-15-6-5-11-26(13-15)20(28)14-27(31(29,30)17-7-3-2-4-8-17)19-12-16(21(23,24)25)9-10-18(19)22/h2-4,7-10,12,15H,5-6,11,13-14H2,1H3/t15-/m1/s1. The van der Waals surface area contributed by atoms with Gasteiger partial charge in [0, 0.05) is 13.1 Å². The molecule has 1 aliphatic rings. The van der Waals surface area contributed by atoms with Gasteiger partial charge in [0.05, 0.1) is 21.2 Å². The van der Waals surface area contributed by atoms with Crippen molar-refractivity contribution in [2.24, 2.45) is 5.92 Å². The highest BCUT2D eigenvalue weighted by Crippen LogP contribution is 2.37. The summed E-state index contributed by atoms with van der Waals surface area (Å²) < 4.78 is 67.2. The molecule has 0 aliphatic carbocycles. The molecule has 3 rings (SSSR count). The Morgan fingerprint density at radius 1 is 1.19 bits per heavy atom. The molecule has 0 unspecified atom stereocenters. The van der Waals surface area contributed by atoms with Gasteiger partial charge >= 0.3 is 6.18 Å². The van der Waals surface area contributed by atoms with Crippen molar-refractivity contribution in [2.75, 3.05) is 23.9 Å². The van der Waals surface area contributed by atoms with Crippen LogP contribution in [-0.4, -0.2) is 38.9 Å². The second-order valence-corrected chi connectivity index (χ2v) is 9.85. The van der Waals surface area contributed by atoms with Crippen molar-refractivity contribution in [1.82, 2.24) is 4.90 Å². The summed E-state index contributed by atoms with van der Waals surface area (Å²) in [6.07, 6.45) is -2.97. The lowest BCUT2D eigenvalue weighted by Gasteiger charge is -2.33. The van der Waals surface area contributed by atoms with Gasteiger partial charge in [0.2, 0.25) is 5.91 Å². The number of hydrogen-bond acceptors (Lipinski definition) is 3. The van der Waals surface area contributed by atoms with E-state index in [0.717, 1.165) is 25.0 Å². The number of hydrogen-bond donors (Lipinski definition) is 0. The number of anilines is 1.